The highest BCUT2D eigenvalue weighted by atomic mass is 19.1. The minimum Gasteiger partial charge on any atom is -0.457 e. The molecule has 6 heteroatoms. The van der Waals surface area contributed by atoms with Gasteiger partial charge in [-0.25, -0.2) is 8.78 Å². The van der Waals surface area contributed by atoms with E-state index < -0.39 is 10.8 Å². The van der Waals surface area contributed by atoms with Gasteiger partial charge in [0.2, 0.25) is 0 Å². The molecule has 0 aromatic heterocycles. The molecule has 0 radical (unpaired) electrons. The van der Waals surface area contributed by atoms with Crippen molar-refractivity contribution in [2.45, 2.75) is 36.5 Å². The van der Waals surface area contributed by atoms with Crippen molar-refractivity contribution in [1.29, 1.82) is 0 Å². The first-order valence-electron chi connectivity index (χ1n) is 35.9. The van der Waals surface area contributed by atoms with E-state index >= 15 is 8.78 Å². The summed E-state index contributed by atoms with van der Waals surface area (Å²) in [6.07, 6.45) is 4.40. The van der Waals surface area contributed by atoms with Crippen molar-refractivity contribution in [2.75, 3.05) is 9.80 Å². The smallest absolute Gasteiger partial charge is 0.127 e. The number of rotatable bonds is 15. The van der Waals surface area contributed by atoms with Crippen LogP contribution in [0.1, 0.15) is 66.8 Å². The number of hydrogen-bond acceptors (Lipinski definition) is 4. The van der Waals surface area contributed by atoms with Crippen LogP contribution in [-0.4, -0.2) is 0 Å². The summed E-state index contributed by atoms with van der Waals surface area (Å²) in [5, 5.41) is 4.66. The SMILES string of the molecule is Fc1ccc(N(c2ccc(-c3ccc(N(c4ccc(F)cc4)c4ccc5c(c4)C(c4ccc(Oc6ccc7c(c6)CC7)cc4)(c4ccc6ccccc6c4)c4ccccc4-5)cc3)cc2)c2ccc3c(c2)C(c2ccc(Oc4ccc5c(c4)CC5)cc2)(c2ccc4ccccc4c2)c2ccccc2-3)cc1. The normalized spacial score (nSPS) is 15.5. The Morgan fingerprint density at radius 3 is 0.942 bits per heavy atom. The second kappa shape index (κ2) is 24.4. The van der Waals surface area contributed by atoms with E-state index in [0.717, 1.165) is 149 Å². The summed E-state index contributed by atoms with van der Waals surface area (Å²) in [6, 6.07) is 123. The molecule has 0 N–H and O–H groups in total. The first kappa shape index (κ1) is 61.0. The van der Waals surface area contributed by atoms with Gasteiger partial charge in [-0.15, -0.1) is 0 Å². The summed E-state index contributed by atoms with van der Waals surface area (Å²) in [7, 11) is 0. The maximum atomic E-state index is 15.1. The van der Waals surface area contributed by atoms with E-state index in [1.165, 1.54) is 79.5 Å². The highest BCUT2D eigenvalue weighted by molar-refractivity contribution is 5.94. The summed E-state index contributed by atoms with van der Waals surface area (Å²) < 4.78 is 43.4. The van der Waals surface area contributed by atoms with E-state index in [-0.39, 0.29) is 11.6 Å². The van der Waals surface area contributed by atoms with Crippen LogP contribution in [0.5, 0.6) is 23.0 Å². The summed E-state index contributed by atoms with van der Waals surface area (Å²) in [5.41, 5.74) is 25.2. The summed E-state index contributed by atoms with van der Waals surface area (Å²) >= 11 is 0. The van der Waals surface area contributed by atoms with E-state index in [9.17, 15) is 0 Å². The highest BCUT2D eigenvalue weighted by Gasteiger charge is 2.48. The molecule has 4 aliphatic carbocycles. The Morgan fingerprint density at radius 2 is 0.558 bits per heavy atom. The second-order valence-electron chi connectivity index (χ2n) is 28.0. The molecule has 0 fully saturated rings. The zero-order chi connectivity index (χ0) is 69.0. The third kappa shape index (κ3) is 9.99. The van der Waals surface area contributed by atoms with Crippen LogP contribution >= 0.6 is 0 Å². The lowest BCUT2D eigenvalue weighted by Crippen LogP contribution is -2.28. The number of ether oxygens (including phenoxy) is 2. The van der Waals surface area contributed by atoms with Crippen LogP contribution in [0.2, 0.25) is 0 Å². The van der Waals surface area contributed by atoms with Crippen molar-refractivity contribution < 1.29 is 18.3 Å². The van der Waals surface area contributed by atoms with Crippen LogP contribution in [0.15, 0.2) is 352 Å². The lowest BCUT2D eigenvalue weighted by atomic mass is 9.67. The van der Waals surface area contributed by atoms with Crippen molar-refractivity contribution in [3.05, 3.63) is 430 Å². The van der Waals surface area contributed by atoms with Gasteiger partial charge in [0.1, 0.15) is 34.6 Å². The number of hydrogen-bond donors (Lipinski definition) is 0. The number of aryl methyl sites for hydroxylation is 4. The van der Waals surface area contributed by atoms with Gasteiger partial charge in [-0.1, -0.05) is 194 Å². The Hall–Kier alpha value is -12.9. The van der Waals surface area contributed by atoms with Crippen LogP contribution < -0.4 is 19.3 Å². The van der Waals surface area contributed by atoms with Gasteiger partial charge in [0.25, 0.3) is 0 Å². The fraction of sp³-hybridized carbons (Fsp3) is 0.0612. The molecule has 2 unspecified atom stereocenters. The summed E-state index contributed by atoms with van der Waals surface area (Å²) in [5.74, 6) is 2.63. The first-order chi connectivity index (χ1) is 51.3. The highest BCUT2D eigenvalue weighted by Crippen LogP contribution is 2.60. The number of nitrogens with zero attached hydrogens (tertiary/aromatic N) is 2. The Labute approximate surface area is 603 Å². The fourth-order valence-electron chi connectivity index (χ4n) is 17.2. The molecule has 0 heterocycles. The molecule has 20 rings (SSSR count). The third-order valence-corrected chi connectivity index (χ3v) is 22.4. The number of anilines is 6. The standard InChI is InChI=1S/C98H66F2N2O2/c99-77-35-43-81(44-36-77)101(83-47-55-91-89-13-5-7-15-93(89)97(95(91)61-83,75-29-21-63-9-1-3-11-69(63)57-75)73-31-51-85(52-32-73)103-87-49-27-67-17-19-71(67)59-87)79-39-23-65(24-40-79)66-25-41-80(42-26-66)102(82-45-37-78(100)38-46-82)84-48-56-92-90-14-6-8-16-94(90)98(96(92)62-84,76-30-22-64-10-2-4-12-70(64)58-76)74-33-53-86(54-34-74)104-88-50-28-68-18-20-72(68)60-88/h1-16,21-62H,17-20H2. The van der Waals surface area contributed by atoms with Crippen molar-refractivity contribution in [3.8, 4) is 56.4 Å². The molecule has 0 amide bonds. The molecule has 0 saturated carbocycles. The number of fused-ring (bicyclic) bond motifs is 10. The van der Waals surface area contributed by atoms with Crippen molar-refractivity contribution >= 4 is 55.7 Å². The van der Waals surface area contributed by atoms with Crippen LogP contribution in [0.3, 0.4) is 0 Å². The van der Waals surface area contributed by atoms with Gasteiger partial charge in [0.15, 0.2) is 0 Å². The van der Waals surface area contributed by atoms with E-state index in [2.05, 4.69) is 313 Å². The van der Waals surface area contributed by atoms with Crippen LogP contribution in [-0.2, 0) is 36.5 Å². The largest absolute Gasteiger partial charge is 0.457 e. The van der Waals surface area contributed by atoms with Gasteiger partial charge in [-0.2, -0.15) is 0 Å². The zero-order valence-electron chi connectivity index (χ0n) is 56.8. The molecule has 494 valence electrons. The topological polar surface area (TPSA) is 24.9 Å². The van der Waals surface area contributed by atoms with Gasteiger partial charge in [-0.05, 0) is 305 Å². The average molecular weight is 1340 g/mol. The molecule has 104 heavy (non-hydrogen) atoms. The number of halogens is 2. The van der Waals surface area contributed by atoms with Gasteiger partial charge < -0.3 is 19.3 Å². The van der Waals surface area contributed by atoms with Gasteiger partial charge in [0, 0.05) is 34.1 Å². The molecule has 16 aromatic carbocycles. The van der Waals surface area contributed by atoms with Crippen molar-refractivity contribution in [1.82, 2.24) is 0 Å². The van der Waals surface area contributed by atoms with E-state index in [4.69, 9.17) is 9.47 Å². The van der Waals surface area contributed by atoms with E-state index in [0.29, 0.717) is 0 Å². The number of benzene rings is 16. The molecule has 0 aliphatic heterocycles. The molecule has 2 atom stereocenters. The second-order valence-corrected chi connectivity index (χ2v) is 28.0. The Morgan fingerprint density at radius 1 is 0.231 bits per heavy atom. The lowest BCUT2D eigenvalue weighted by Gasteiger charge is -2.35. The van der Waals surface area contributed by atoms with Gasteiger partial charge >= 0.3 is 0 Å². The zero-order valence-corrected chi connectivity index (χ0v) is 56.8. The minimum atomic E-state index is -0.752. The van der Waals surface area contributed by atoms with Crippen LogP contribution in [0.25, 0.3) is 54.9 Å². The average Bonchev–Trinajstić information content (AvgIpc) is 1.51. The van der Waals surface area contributed by atoms with Crippen LogP contribution in [0.4, 0.5) is 42.9 Å². The molecular weight excluding hydrogens is 1280 g/mol. The quantitative estimate of drug-likeness (QED) is 0.102. The Balaban J connectivity index is 0.673. The first-order valence-corrected chi connectivity index (χ1v) is 35.9. The molecule has 16 aromatic rings. The van der Waals surface area contributed by atoms with Crippen molar-refractivity contribution in [3.63, 3.8) is 0 Å². The van der Waals surface area contributed by atoms with Gasteiger partial charge in [-0.3, -0.25) is 0 Å². The Bertz CT molecular complexity index is 5700. The minimum absolute atomic E-state index is 0.308. The third-order valence-electron chi connectivity index (χ3n) is 22.4. The summed E-state index contributed by atoms with van der Waals surface area (Å²) in [6.45, 7) is 0. The molecule has 4 aliphatic rings. The predicted octanol–water partition coefficient (Wildman–Crippen LogP) is 25.4. The predicted molar refractivity (Wildman–Crippen MR) is 419 cm³/mol. The lowest BCUT2D eigenvalue weighted by molar-refractivity contribution is 0.480. The maximum absolute atomic E-state index is 15.1. The fourth-order valence-corrected chi connectivity index (χ4v) is 17.2. The molecule has 0 bridgehead atoms. The molecule has 4 nitrogen and oxygen atoms in total. The molecule has 0 spiro atoms. The molecular formula is C98H66F2N2O2. The molecule has 0 saturated heterocycles. The Kier molecular flexibility index (Phi) is 14.3. The summed E-state index contributed by atoms with van der Waals surface area (Å²) in [4.78, 5) is 4.46. The van der Waals surface area contributed by atoms with E-state index in [1.54, 1.807) is 0 Å². The monoisotopic (exact) mass is 1340 g/mol. The van der Waals surface area contributed by atoms with Crippen LogP contribution in [0, 0.1) is 11.6 Å². The van der Waals surface area contributed by atoms with Gasteiger partial charge in [0.05, 0.1) is 10.8 Å². The van der Waals surface area contributed by atoms with E-state index in [1.807, 2.05) is 24.3 Å². The van der Waals surface area contributed by atoms with Crippen molar-refractivity contribution in [2.24, 2.45) is 0 Å². The maximum Gasteiger partial charge on any atom is 0.127 e.